The van der Waals surface area contributed by atoms with E-state index in [2.05, 4.69) is 76.1 Å². The lowest BCUT2D eigenvalue weighted by atomic mass is 9.77. The standard InChI is InChI=1S/C33H31N3O2S/c1-2-36-31-14-7-6-11-26(31)29-19-23(15-18-32(29)36)33-27-13-8-12-25(27)28-20-24(16-17-30(28)35-33)39(37,38)34-21-22-9-4-3-5-10-22/h3-12,14-20,25,27,33-35H,2,13,21H2,1H3. The van der Waals surface area contributed by atoms with E-state index in [0.717, 1.165) is 29.8 Å². The number of hydrogen-bond acceptors (Lipinski definition) is 3. The highest BCUT2D eigenvalue weighted by Crippen LogP contribution is 2.50. The van der Waals surface area contributed by atoms with Crippen LogP contribution in [0.3, 0.4) is 0 Å². The summed E-state index contributed by atoms with van der Waals surface area (Å²) in [7, 11) is -3.64. The van der Waals surface area contributed by atoms with Crippen LogP contribution in [0.2, 0.25) is 0 Å². The van der Waals surface area contributed by atoms with Gasteiger partial charge >= 0.3 is 0 Å². The first kappa shape index (κ1) is 24.2. The number of aryl methyl sites for hydroxylation is 1. The van der Waals surface area contributed by atoms with Gasteiger partial charge in [-0.15, -0.1) is 0 Å². The summed E-state index contributed by atoms with van der Waals surface area (Å²) in [6.07, 6.45) is 5.46. The highest BCUT2D eigenvalue weighted by Gasteiger charge is 2.38. The molecule has 1 aliphatic carbocycles. The topological polar surface area (TPSA) is 63.1 Å². The van der Waals surface area contributed by atoms with Crippen molar-refractivity contribution >= 4 is 37.5 Å². The van der Waals surface area contributed by atoms with Gasteiger partial charge in [0.2, 0.25) is 10.0 Å². The second-order valence-electron chi connectivity index (χ2n) is 10.6. The maximum Gasteiger partial charge on any atom is 0.240 e. The number of nitrogens with zero attached hydrogens (tertiary/aromatic N) is 1. The lowest BCUT2D eigenvalue weighted by Crippen LogP contribution is -2.30. The molecule has 4 aromatic carbocycles. The number of hydrogen-bond donors (Lipinski definition) is 2. The molecular formula is C33H31N3O2S. The van der Waals surface area contributed by atoms with Crippen molar-refractivity contribution in [3.63, 3.8) is 0 Å². The molecule has 1 aromatic heterocycles. The van der Waals surface area contributed by atoms with E-state index in [1.165, 1.54) is 27.4 Å². The maximum absolute atomic E-state index is 13.2. The molecule has 2 heterocycles. The molecule has 0 spiro atoms. The minimum absolute atomic E-state index is 0.143. The molecule has 0 fully saturated rings. The molecule has 2 aliphatic rings. The zero-order valence-corrected chi connectivity index (χ0v) is 22.7. The summed E-state index contributed by atoms with van der Waals surface area (Å²) < 4.78 is 31.5. The summed E-state index contributed by atoms with van der Waals surface area (Å²) in [5.74, 6) is 0.493. The lowest BCUT2D eigenvalue weighted by Gasteiger charge is -2.37. The first-order valence-corrected chi connectivity index (χ1v) is 15.1. The zero-order chi connectivity index (χ0) is 26.6. The Bertz CT molecular complexity index is 1840. The Labute approximate surface area is 229 Å². The van der Waals surface area contributed by atoms with E-state index < -0.39 is 10.0 Å². The Morgan fingerprint density at radius 2 is 1.69 bits per heavy atom. The molecular weight excluding hydrogens is 502 g/mol. The van der Waals surface area contributed by atoms with E-state index in [4.69, 9.17) is 0 Å². The first-order chi connectivity index (χ1) is 19.0. The molecule has 3 atom stereocenters. The fourth-order valence-electron chi connectivity index (χ4n) is 6.53. The average Bonchev–Trinajstić information content (AvgIpc) is 3.59. The third-order valence-electron chi connectivity index (χ3n) is 8.43. The predicted octanol–water partition coefficient (Wildman–Crippen LogP) is 7.12. The SMILES string of the molecule is CCn1c2ccccc2c2cc(C3Nc4ccc(S(=O)(=O)NCc5ccccc5)cc4C4C=CCC43)ccc21. The maximum atomic E-state index is 13.2. The van der Waals surface area contributed by atoms with Crippen LogP contribution >= 0.6 is 0 Å². The van der Waals surface area contributed by atoms with Crippen molar-refractivity contribution in [2.45, 2.75) is 43.3 Å². The normalized spacial score (nSPS) is 20.2. The van der Waals surface area contributed by atoms with Gasteiger partial charge in [0.1, 0.15) is 0 Å². The van der Waals surface area contributed by atoms with Gasteiger partial charge in [-0.2, -0.15) is 0 Å². The molecule has 0 saturated heterocycles. The highest BCUT2D eigenvalue weighted by molar-refractivity contribution is 7.89. The summed E-state index contributed by atoms with van der Waals surface area (Å²) in [5, 5.41) is 6.36. The van der Waals surface area contributed by atoms with Crippen LogP contribution in [0.5, 0.6) is 0 Å². The van der Waals surface area contributed by atoms with Gasteiger partial charge in [0.05, 0.1) is 10.9 Å². The van der Waals surface area contributed by atoms with Crippen molar-refractivity contribution in [1.82, 2.24) is 9.29 Å². The van der Waals surface area contributed by atoms with E-state index in [9.17, 15) is 8.42 Å². The monoisotopic (exact) mass is 533 g/mol. The lowest BCUT2D eigenvalue weighted by molar-refractivity contribution is 0.425. The van der Waals surface area contributed by atoms with Crippen molar-refractivity contribution < 1.29 is 8.42 Å². The quantitative estimate of drug-likeness (QED) is 0.229. The number of para-hydroxylation sites is 1. The number of fused-ring (bicyclic) bond motifs is 6. The van der Waals surface area contributed by atoms with Gasteiger partial charge in [-0.05, 0) is 72.4 Å². The van der Waals surface area contributed by atoms with Crippen LogP contribution in [-0.2, 0) is 23.1 Å². The second kappa shape index (κ2) is 9.40. The molecule has 0 radical (unpaired) electrons. The molecule has 0 amide bonds. The Balaban J connectivity index is 1.23. The summed E-state index contributed by atoms with van der Waals surface area (Å²) in [6, 6.07) is 30.8. The summed E-state index contributed by atoms with van der Waals surface area (Å²) >= 11 is 0. The smallest absolute Gasteiger partial charge is 0.240 e. The fraction of sp³-hybridized carbons (Fsp3) is 0.212. The number of nitrogens with one attached hydrogen (secondary N) is 2. The first-order valence-electron chi connectivity index (χ1n) is 13.6. The molecule has 0 saturated carbocycles. The van der Waals surface area contributed by atoms with E-state index in [1.54, 1.807) is 6.07 Å². The average molecular weight is 534 g/mol. The van der Waals surface area contributed by atoms with Crippen LogP contribution in [0.1, 0.15) is 42.0 Å². The largest absolute Gasteiger partial charge is 0.378 e. The van der Waals surface area contributed by atoms with Crippen LogP contribution in [-0.4, -0.2) is 13.0 Å². The van der Waals surface area contributed by atoms with Crippen molar-refractivity contribution in [1.29, 1.82) is 0 Å². The van der Waals surface area contributed by atoms with Crippen molar-refractivity contribution in [2.24, 2.45) is 5.92 Å². The molecule has 5 aromatic rings. The molecule has 6 heteroatoms. The van der Waals surface area contributed by atoms with Gasteiger partial charge in [0.25, 0.3) is 0 Å². The fourth-order valence-corrected chi connectivity index (χ4v) is 7.59. The number of aromatic nitrogens is 1. The third kappa shape index (κ3) is 4.06. The second-order valence-corrected chi connectivity index (χ2v) is 12.3. The number of benzene rings is 4. The van der Waals surface area contributed by atoms with E-state index in [1.807, 2.05) is 42.5 Å². The van der Waals surface area contributed by atoms with Gasteiger partial charge in [-0.3, -0.25) is 0 Å². The van der Waals surface area contributed by atoms with Crippen LogP contribution < -0.4 is 10.0 Å². The molecule has 3 unspecified atom stereocenters. The summed E-state index contributed by atoms with van der Waals surface area (Å²) in [5.41, 5.74) is 6.79. The number of rotatable bonds is 6. The van der Waals surface area contributed by atoms with Crippen LogP contribution in [0, 0.1) is 5.92 Å². The van der Waals surface area contributed by atoms with Gasteiger partial charge in [-0.25, -0.2) is 13.1 Å². The summed E-state index contributed by atoms with van der Waals surface area (Å²) in [6.45, 7) is 3.39. The molecule has 196 valence electrons. The van der Waals surface area contributed by atoms with Crippen LogP contribution in [0.15, 0.2) is 108 Å². The Hall–Kier alpha value is -3.87. The van der Waals surface area contributed by atoms with Crippen molar-refractivity contribution in [3.8, 4) is 0 Å². The number of allylic oxidation sites excluding steroid dienone is 2. The Morgan fingerprint density at radius 3 is 2.54 bits per heavy atom. The summed E-state index contributed by atoms with van der Waals surface area (Å²) in [4.78, 5) is 0.310. The molecule has 2 N–H and O–H groups in total. The van der Waals surface area contributed by atoms with Crippen molar-refractivity contribution in [3.05, 3.63) is 120 Å². The molecule has 0 bridgehead atoms. The number of anilines is 1. The van der Waals surface area contributed by atoms with Crippen molar-refractivity contribution in [2.75, 3.05) is 5.32 Å². The van der Waals surface area contributed by atoms with Crippen LogP contribution in [0.25, 0.3) is 21.8 Å². The zero-order valence-electron chi connectivity index (χ0n) is 21.8. The molecule has 7 rings (SSSR count). The van der Waals surface area contributed by atoms with Gasteiger partial charge < -0.3 is 9.88 Å². The van der Waals surface area contributed by atoms with E-state index >= 15 is 0 Å². The highest BCUT2D eigenvalue weighted by atomic mass is 32.2. The number of sulfonamides is 1. The van der Waals surface area contributed by atoms with Crippen LogP contribution in [0.4, 0.5) is 5.69 Å². The Morgan fingerprint density at radius 1 is 0.897 bits per heavy atom. The molecule has 5 nitrogen and oxygen atoms in total. The van der Waals surface area contributed by atoms with E-state index in [0.29, 0.717) is 10.8 Å². The van der Waals surface area contributed by atoms with Gasteiger partial charge in [-0.1, -0.05) is 66.7 Å². The van der Waals surface area contributed by atoms with Gasteiger partial charge in [0.15, 0.2) is 0 Å². The predicted molar refractivity (Wildman–Crippen MR) is 158 cm³/mol. The molecule has 39 heavy (non-hydrogen) atoms. The minimum atomic E-state index is -3.64. The van der Waals surface area contributed by atoms with E-state index in [-0.39, 0.29) is 18.5 Å². The Kier molecular flexibility index (Phi) is 5.83. The van der Waals surface area contributed by atoms with Gasteiger partial charge in [0, 0.05) is 46.5 Å². The minimum Gasteiger partial charge on any atom is -0.378 e. The third-order valence-corrected chi connectivity index (χ3v) is 9.82. The molecule has 1 aliphatic heterocycles.